The summed E-state index contributed by atoms with van der Waals surface area (Å²) < 4.78 is 7.13. The highest BCUT2D eigenvalue weighted by atomic mass is 35.5. The average molecular weight is 387 g/mol. The summed E-state index contributed by atoms with van der Waals surface area (Å²) in [7, 11) is 0. The molecule has 2 N–H and O–H groups in total. The van der Waals surface area contributed by atoms with Gasteiger partial charge in [0.2, 0.25) is 0 Å². The Morgan fingerprint density at radius 3 is 2.78 bits per heavy atom. The zero-order valence-electron chi connectivity index (χ0n) is 15.1. The number of furan rings is 1. The van der Waals surface area contributed by atoms with E-state index in [1.807, 2.05) is 42.5 Å². The topological polar surface area (TPSA) is 72.1 Å². The average Bonchev–Trinajstić information content (AvgIpc) is 3.34. The minimum absolute atomic E-state index is 0. The lowest BCUT2D eigenvalue weighted by molar-refractivity contribution is 0.0906. The lowest BCUT2D eigenvalue weighted by atomic mass is 9.95. The van der Waals surface area contributed by atoms with Crippen LogP contribution in [-0.4, -0.2) is 34.8 Å². The number of amides is 1. The van der Waals surface area contributed by atoms with Gasteiger partial charge in [0.1, 0.15) is 11.4 Å². The van der Waals surface area contributed by atoms with Crippen LogP contribution in [0.5, 0.6) is 0 Å². The van der Waals surface area contributed by atoms with Crippen LogP contribution < -0.4 is 10.6 Å². The van der Waals surface area contributed by atoms with Gasteiger partial charge in [-0.3, -0.25) is 4.79 Å². The van der Waals surface area contributed by atoms with Gasteiger partial charge in [-0.1, -0.05) is 25.1 Å². The molecule has 3 aromatic rings. The number of carbonyl (C=O) groups excluding carboxylic acids is 1. The summed E-state index contributed by atoms with van der Waals surface area (Å²) in [4.78, 5) is 13.0. The Morgan fingerprint density at radius 2 is 2.07 bits per heavy atom. The molecule has 6 nitrogen and oxygen atoms in total. The maximum absolute atomic E-state index is 13.0. The zero-order valence-corrected chi connectivity index (χ0v) is 15.9. The van der Waals surface area contributed by atoms with Crippen molar-refractivity contribution in [2.24, 2.45) is 5.92 Å². The molecule has 1 amide bonds. The number of rotatable bonds is 4. The highest BCUT2D eigenvalue weighted by Gasteiger charge is 2.25. The molecule has 1 aromatic carbocycles. The summed E-state index contributed by atoms with van der Waals surface area (Å²) in [6, 6.07) is 15.3. The van der Waals surface area contributed by atoms with Gasteiger partial charge in [-0.25, -0.2) is 4.68 Å². The van der Waals surface area contributed by atoms with Crippen molar-refractivity contribution in [3.8, 4) is 17.1 Å². The van der Waals surface area contributed by atoms with Gasteiger partial charge in [-0.05, 0) is 49.7 Å². The van der Waals surface area contributed by atoms with Crippen LogP contribution in [0, 0.1) is 5.92 Å². The van der Waals surface area contributed by atoms with E-state index in [2.05, 4.69) is 22.7 Å². The molecule has 1 fully saturated rings. The van der Waals surface area contributed by atoms with Crippen LogP contribution in [0.25, 0.3) is 17.1 Å². The van der Waals surface area contributed by atoms with E-state index in [0.29, 0.717) is 23.1 Å². The number of nitrogens with one attached hydrogen (secondary N) is 2. The molecule has 142 valence electrons. The second-order valence-electron chi connectivity index (χ2n) is 6.69. The van der Waals surface area contributed by atoms with Crippen molar-refractivity contribution in [2.45, 2.75) is 19.4 Å². The van der Waals surface area contributed by atoms with E-state index >= 15 is 0 Å². The summed E-state index contributed by atoms with van der Waals surface area (Å²) in [6.45, 7) is 3.99. The van der Waals surface area contributed by atoms with Gasteiger partial charge in [0.25, 0.3) is 5.91 Å². The quantitative estimate of drug-likeness (QED) is 0.721. The van der Waals surface area contributed by atoms with E-state index in [0.717, 1.165) is 25.2 Å². The molecule has 0 radical (unpaired) electrons. The number of halogens is 1. The van der Waals surface area contributed by atoms with Crippen LogP contribution in [0.15, 0.2) is 59.2 Å². The minimum Gasteiger partial charge on any atom is -0.463 e. The third-order valence-corrected chi connectivity index (χ3v) is 4.82. The molecule has 1 saturated heterocycles. The lowest BCUT2D eigenvalue weighted by Crippen LogP contribution is -2.48. The molecule has 4 rings (SSSR count). The predicted molar refractivity (Wildman–Crippen MR) is 106 cm³/mol. The first-order valence-electron chi connectivity index (χ1n) is 8.93. The van der Waals surface area contributed by atoms with Crippen LogP contribution in [0.2, 0.25) is 0 Å². The molecule has 0 saturated carbocycles. The van der Waals surface area contributed by atoms with Crippen molar-refractivity contribution < 1.29 is 9.21 Å². The first kappa shape index (κ1) is 19.2. The molecular formula is C20H23ClN4O2. The fourth-order valence-corrected chi connectivity index (χ4v) is 3.32. The van der Waals surface area contributed by atoms with Crippen molar-refractivity contribution in [1.29, 1.82) is 0 Å². The third-order valence-electron chi connectivity index (χ3n) is 4.82. The molecule has 2 atom stereocenters. The number of nitrogens with zero attached hydrogens (tertiary/aromatic N) is 2. The fraction of sp³-hybridized carbons (Fsp3) is 0.300. The summed E-state index contributed by atoms with van der Waals surface area (Å²) >= 11 is 0. The number of hydrogen-bond donors (Lipinski definition) is 2. The van der Waals surface area contributed by atoms with E-state index < -0.39 is 0 Å². The van der Waals surface area contributed by atoms with Crippen molar-refractivity contribution in [3.05, 3.63) is 60.5 Å². The summed E-state index contributed by atoms with van der Waals surface area (Å²) in [5.74, 6) is 0.923. The Balaban J connectivity index is 0.00000210. The number of piperidine rings is 1. The van der Waals surface area contributed by atoms with E-state index in [1.165, 1.54) is 0 Å². The normalized spacial score (nSPS) is 19.3. The van der Waals surface area contributed by atoms with Crippen LogP contribution >= 0.6 is 12.4 Å². The lowest BCUT2D eigenvalue weighted by Gasteiger charge is -2.30. The Morgan fingerprint density at radius 1 is 1.26 bits per heavy atom. The van der Waals surface area contributed by atoms with Crippen LogP contribution in [0.4, 0.5) is 0 Å². The molecule has 0 spiro atoms. The van der Waals surface area contributed by atoms with Crippen molar-refractivity contribution in [2.75, 3.05) is 13.1 Å². The molecule has 1 aliphatic heterocycles. The van der Waals surface area contributed by atoms with Gasteiger partial charge in [0.05, 0.1) is 12.0 Å². The first-order valence-corrected chi connectivity index (χ1v) is 8.93. The fourth-order valence-electron chi connectivity index (χ4n) is 3.32. The molecule has 7 heteroatoms. The van der Waals surface area contributed by atoms with Gasteiger partial charge in [-0.2, -0.15) is 5.10 Å². The molecule has 2 unspecified atom stereocenters. The molecule has 3 heterocycles. The monoisotopic (exact) mass is 386 g/mol. The Hall–Kier alpha value is -2.57. The van der Waals surface area contributed by atoms with Crippen LogP contribution in [0.3, 0.4) is 0 Å². The largest absolute Gasteiger partial charge is 0.463 e. The molecule has 2 aromatic heterocycles. The maximum atomic E-state index is 13.0. The van der Waals surface area contributed by atoms with Gasteiger partial charge >= 0.3 is 0 Å². The van der Waals surface area contributed by atoms with Gasteiger partial charge in [0.15, 0.2) is 5.76 Å². The number of para-hydroxylation sites is 1. The van der Waals surface area contributed by atoms with Crippen molar-refractivity contribution >= 4 is 18.3 Å². The Bertz CT molecular complexity index is 877. The molecule has 1 aliphatic rings. The summed E-state index contributed by atoms with van der Waals surface area (Å²) in [5, 5.41) is 11.1. The van der Waals surface area contributed by atoms with Gasteiger partial charge < -0.3 is 15.1 Å². The van der Waals surface area contributed by atoms with Crippen LogP contribution in [0.1, 0.15) is 23.8 Å². The number of carbonyl (C=O) groups is 1. The van der Waals surface area contributed by atoms with E-state index in [1.54, 1.807) is 17.0 Å². The second kappa shape index (κ2) is 8.41. The molecule has 0 bridgehead atoms. The van der Waals surface area contributed by atoms with E-state index in [4.69, 9.17) is 4.42 Å². The molecule has 0 aliphatic carbocycles. The molecular weight excluding hydrogens is 364 g/mol. The van der Waals surface area contributed by atoms with E-state index in [9.17, 15) is 4.79 Å². The Labute approximate surface area is 164 Å². The molecule has 27 heavy (non-hydrogen) atoms. The SMILES string of the molecule is CC1CNCCC1NC(=O)c1cc(-c2ccco2)nn1-c1ccccc1.Cl. The minimum atomic E-state index is -0.113. The van der Waals surface area contributed by atoms with Gasteiger partial charge in [0, 0.05) is 12.1 Å². The number of hydrogen-bond acceptors (Lipinski definition) is 4. The van der Waals surface area contributed by atoms with E-state index in [-0.39, 0.29) is 24.4 Å². The second-order valence-corrected chi connectivity index (χ2v) is 6.69. The number of benzene rings is 1. The highest BCUT2D eigenvalue weighted by molar-refractivity contribution is 5.94. The standard InChI is InChI=1S/C20H22N4O2.ClH/c1-14-13-21-10-9-16(14)22-20(25)18-12-17(19-8-5-11-26-19)23-24(18)15-6-3-2-4-7-15;/h2-8,11-12,14,16,21H,9-10,13H2,1H3,(H,22,25);1H. The highest BCUT2D eigenvalue weighted by Crippen LogP contribution is 2.22. The first-order chi connectivity index (χ1) is 12.7. The summed E-state index contributed by atoms with van der Waals surface area (Å²) in [5.41, 5.74) is 1.99. The van der Waals surface area contributed by atoms with Gasteiger partial charge in [-0.15, -0.1) is 12.4 Å². The predicted octanol–water partition coefficient (Wildman–Crippen LogP) is 3.28. The van der Waals surface area contributed by atoms with Crippen molar-refractivity contribution in [3.63, 3.8) is 0 Å². The zero-order chi connectivity index (χ0) is 17.9. The number of aromatic nitrogens is 2. The Kier molecular flexibility index (Phi) is 5.98. The smallest absolute Gasteiger partial charge is 0.270 e. The van der Waals surface area contributed by atoms with Crippen LogP contribution in [-0.2, 0) is 0 Å². The third kappa shape index (κ3) is 4.07. The summed E-state index contributed by atoms with van der Waals surface area (Å²) in [6.07, 6.45) is 2.53. The maximum Gasteiger partial charge on any atom is 0.270 e. The van der Waals surface area contributed by atoms with Crippen molar-refractivity contribution in [1.82, 2.24) is 20.4 Å².